The van der Waals surface area contributed by atoms with E-state index in [1.54, 1.807) is 4.90 Å². The van der Waals surface area contributed by atoms with Gasteiger partial charge in [0.05, 0.1) is 5.92 Å². The molecule has 2 amide bonds. The van der Waals surface area contributed by atoms with Gasteiger partial charge in [-0.1, -0.05) is 12.1 Å². The van der Waals surface area contributed by atoms with Gasteiger partial charge in [-0.15, -0.1) is 0 Å². The Morgan fingerprint density at radius 2 is 1.84 bits per heavy atom. The van der Waals surface area contributed by atoms with E-state index in [2.05, 4.69) is 10.3 Å². The molecule has 0 radical (unpaired) electrons. The first kappa shape index (κ1) is 22.5. The van der Waals surface area contributed by atoms with Gasteiger partial charge in [-0.05, 0) is 62.8 Å². The maximum absolute atomic E-state index is 13.2. The number of H-pyrrole nitrogens is 1. The maximum atomic E-state index is 13.2. The number of hydrogen-bond acceptors (Lipinski definition) is 4. The molecule has 2 fully saturated rings. The van der Waals surface area contributed by atoms with Crippen LogP contribution in [0.3, 0.4) is 0 Å². The number of nitrogens with zero attached hydrogens (tertiary/aromatic N) is 2. The molecule has 8 nitrogen and oxygen atoms in total. The predicted molar refractivity (Wildman–Crippen MR) is 122 cm³/mol. The summed E-state index contributed by atoms with van der Waals surface area (Å²) >= 11 is 0. The van der Waals surface area contributed by atoms with Crippen LogP contribution in [-0.4, -0.2) is 60.6 Å². The Morgan fingerprint density at radius 1 is 1.09 bits per heavy atom. The zero-order chi connectivity index (χ0) is 22.9. The summed E-state index contributed by atoms with van der Waals surface area (Å²) in [7, 11) is -3.80. The van der Waals surface area contributed by atoms with Crippen LogP contribution in [-0.2, 0) is 14.8 Å². The third-order valence-electron chi connectivity index (χ3n) is 6.54. The molecule has 2 saturated heterocycles. The molecule has 2 N–H and O–H groups in total. The van der Waals surface area contributed by atoms with Crippen LogP contribution in [0.5, 0.6) is 0 Å². The van der Waals surface area contributed by atoms with Gasteiger partial charge in [0.15, 0.2) is 0 Å². The molecule has 2 aliphatic heterocycles. The smallest absolute Gasteiger partial charge is 0.270 e. The molecule has 1 aromatic carbocycles. The van der Waals surface area contributed by atoms with Crippen LogP contribution in [0.4, 0.5) is 5.69 Å². The summed E-state index contributed by atoms with van der Waals surface area (Å²) in [6.07, 6.45) is 4.55. The van der Waals surface area contributed by atoms with Crippen molar-refractivity contribution in [2.45, 2.75) is 44.4 Å². The van der Waals surface area contributed by atoms with Crippen molar-refractivity contribution < 1.29 is 18.0 Å². The SMILES string of the molecule is Cc1cccc(NC(=O)C2CCCN(S(=O)(=O)c3c[nH]c(C(=O)N4CCCC4)c3)C2)c1C. The Kier molecular flexibility index (Phi) is 6.39. The van der Waals surface area contributed by atoms with E-state index in [9.17, 15) is 18.0 Å². The number of aryl methyl sites for hydroxylation is 1. The Labute approximate surface area is 189 Å². The van der Waals surface area contributed by atoms with Gasteiger partial charge in [0.1, 0.15) is 10.6 Å². The van der Waals surface area contributed by atoms with E-state index >= 15 is 0 Å². The largest absolute Gasteiger partial charge is 0.356 e. The molecular weight excluding hydrogens is 428 g/mol. The van der Waals surface area contributed by atoms with Gasteiger partial charge in [-0.3, -0.25) is 9.59 Å². The molecule has 1 unspecified atom stereocenters. The highest BCUT2D eigenvalue weighted by atomic mass is 32.2. The Balaban J connectivity index is 1.46. The van der Waals surface area contributed by atoms with Crippen molar-refractivity contribution in [3.8, 4) is 0 Å². The molecule has 4 rings (SSSR count). The minimum absolute atomic E-state index is 0.0654. The average Bonchev–Trinajstić information content (AvgIpc) is 3.49. The van der Waals surface area contributed by atoms with E-state index in [0.717, 1.165) is 29.7 Å². The van der Waals surface area contributed by atoms with Gasteiger partial charge in [0.2, 0.25) is 15.9 Å². The first-order valence-corrected chi connectivity index (χ1v) is 12.6. The first-order valence-electron chi connectivity index (χ1n) is 11.1. The third kappa shape index (κ3) is 4.45. The van der Waals surface area contributed by atoms with E-state index < -0.39 is 15.9 Å². The number of nitrogens with one attached hydrogen (secondary N) is 2. The number of carbonyl (C=O) groups is 2. The second-order valence-electron chi connectivity index (χ2n) is 8.69. The summed E-state index contributed by atoms with van der Waals surface area (Å²) in [5.74, 6) is -0.769. The van der Waals surface area contributed by atoms with Crippen LogP contribution >= 0.6 is 0 Å². The monoisotopic (exact) mass is 458 g/mol. The molecule has 3 heterocycles. The van der Waals surface area contributed by atoms with Crippen molar-refractivity contribution in [1.29, 1.82) is 0 Å². The fourth-order valence-electron chi connectivity index (χ4n) is 4.38. The summed E-state index contributed by atoms with van der Waals surface area (Å²) in [5, 5.41) is 2.97. The third-order valence-corrected chi connectivity index (χ3v) is 8.38. The number of sulfonamides is 1. The number of anilines is 1. The number of rotatable bonds is 5. The normalized spacial score (nSPS) is 19.8. The predicted octanol–water partition coefficient (Wildman–Crippen LogP) is 2.91. The topological polar surface area (TPSA) is 103 Å². The first-order chi connectivity index (χ1) is 15.3. The lowest BCUT2D eigenvalue weighted by molar-refractivity contribution is -0.120. The average molecular weight is 459 g/mol. The number of hydrogen-bond donors (Lipinski definition) is 2. The van der Waals surface area contributed by atoms with Gasteiger partial charge < -0.3 is 15.2 Å². The van der Waals surface area contributed by atoms with Crippen LogP contribution < -0.4 is 5.32 Å². The molecule has 172 valence electrons. The number of carbonyl (C=O) groups excluding carboxylic acids is 2. The quantitative estimate of drug-likeness (QED) is 0.719. The Morgan fingerprint density at radius 3 is 2.59 bits per heavy atom. The number of aromatic nitrogens is 1. The zero-order valence-corrected chi connectivity index (χ0v) is 19.4. The maximum Gasteiger partial charge on any atom is 0.270 e. The highest BCUT2D eigenvalue weighted by molar-refractivity contribution is 7.89. The molecule has 0 bridgehead atoms. The van der Waals surface area contributed by atoms with E-state index in [1.165, 1.54) is 16.6 Å². The van der Waals surface area contributed by atoms with E-state index in [1.807, 2.05) is 32.0 Å². The summed E-state index contributed by atoms with van der Waals surface area (Å²) in [6.45, 7) is 5.82. The second-order valence-corrected chi connectivity index (χ2v) is 10.6. The fraction of sp³-hybridized carbons (Fsp3) is 0.478. The standard InChI is InChI=1S/C23H30N4O4S/c1-16-7-5-9-20(17(16)2)25-22(28)18-8-6-12-27(15-18)32(30,31)19-13-21(24-14-19)23(29)26-10-3-4-11-26/h5,7,9,13-14,18,24H,3-4,6,8,10-12,15H2,1-2H3,(H,25,28). The van der Waals surface area contributed by atoms with Gasteiger partial charge in [-0.2, -0.15) is 4.31 Å². The van der Waals surface area contributed by atoms with Crippen molar-refractivity contribution in [2.75, 3.05) is 31.5 Å². The van der Waals surface area contributed by atoms with Crippen LogP contribution in [0, 0.1) is 19.8 Å². The lowest BCUT2D eigenvalue weighted by Gasteiger charge is -2.31. The zero-order valence-electron chi connectivity index (χ0n) is 18.6. The summed E-state index contributed by atoms with van der Waals surface area (Å²) in [5.41, 5.74) is 3.13. The molecule has 0 aliphatic carbocycles. The fourth-order valence-corrected chi connectivity index (χ4v) is 5.90. The highest BCUT2D eigenvalue weighted by Crippen LogP contribution is 2.27. The molecule has 0 spiro atoms. The Hall–Kier alpha value is -2.65. The second kappa shape index (κ2) is 9.07. The summed E-state index contributed by atoms with van der Waals surface area (Å²) in [6, 6.07) is 7.15. The van der Waals surface area contributed by atoms with Crippen molar-refractivity contribution in [3.05, 3.63) is 47.3 Å². The number of amides is 2. The Bertz CT molecular complexity index is 1120. The van der Waals surface area contributed by atoms with Crippen LogP contribution in [0.1, 0.15) is 47.3 Å². The molecule has 9 heteroatoms. The lowest BCUT2D eigenvalue weighted by atomic mass is 9.98. The molecule has 2 aliphatic rings. The van der Waals surface area contributed by atoms with Crippen LogP contribution in [0.15, 0.2) is 35.4 Å². The van der Waals surface area contributed by atoms with E-state index in [0.29, 0.717) is 32.5 Å². The van der Waals surface area contributed by atoms with Crippen LogP contribution in [0.25, 0.3) is 0 Å². The molecule has 1 aromatic heterocycles. The molecular formula is C23H30N4O4S. The van der Waals surface area contributed by atoms with Crippen molar-refractivity contribution in [1.82, 2.24) is 14.2 Å². The number of likely N-dealkylation sites (tertiary alicyclic amines) is 1. The van der Waals surface area contributed by atoms with E-state index in [-0.39, 0.29) is 28.9 Å². The molecule has 32 heavy (non-hydrogen) atoms. The number of piperidine rings is 1. The molecule has 2 aromatic rings. The molecule has 1 atom stereocenters. The summed E-state index contributed by atoms with van der Waals surface area (Å²) in [4.78, 5) is 30.1. The molecule has 0 saturated carbocycles. The van der Waals surface area contributed by atoms with E-state index in [4.69, 9.17) is 0 Å². The van der Waals surface area contributed by atoms with Gasteiger partial charge in [0.25, 0.3) is 5.91 Å². The summed E-state index contributed by atoms with van der Waals surface area (Å²) < 4.78 is 27.8. The lowest BCUT2D eigenvalue weighted by Crippen LogP contribution is -2.43. The highest BCUT2D eigenvalue weighted by Gasteiger charge is 2.34. The van der Waals surface area contributed by atoms with Crippen molar-refractivity contribution in [2.24, 2.45) is 5.92 Å². The van der Waals surface area contributed by atoms with Crippen molar-refractivity contribution >= 4 is 27.5 Å². The van der Waals surface area contributed by atoms with Crippen LogP contribution in [0.2, 0.25) is 0 Å². The van der Waals surface area contributed by atoms with Gasteiger partial charge in [0, 0.05) is 38.1 Å². The minimum atomic E-state index is -3.80. The number of benzene rings is 1. The van der Waals surface area contributed by atoms with Gasteiger partial charge >= 0.3 is 0 Å². The van der Waals surface area contributed by atoms with Gasteiger partial charge in [-0.25, -0.2) is 8.42 Å². The number of aromatic amines is 1. The minimum Gasteiger partial charge on any atom is -0.356 e. The van der Waals surface area contributed by atoms with Crippen molar-refractivity contribution in [3.63, 3.8) is 0 Å².